The first kappa shape index (κ1) is 21.6. The van der Waals surface area contributed by atoms with Gasteiger partial charge in [0, 0.05) is 12.5 Å². The summed E-state index contributed by atoms with van der Waals surface area (Å²) in [6.07, 6.45) is 2.11. The van der Waals surface area contributed by atoms with E-state index < -0.39 is 28.9 Å². The number of hydrogen-bond acceptors (Lipinski definition) is 6. The van der Waals surface area contributed by atoms with Gasteiger partial charge in [-0.2, -0.15) is 17.2 Å². The van der Waals surface area contributed by atoms with Crippen LogP contribution in [0.5, 0.6) is 11.5 Å². The van der Waals surface area contributed by atoms with Crippen LogP contribution in [0.3, 0.4) is 0 Å². The van der Waals surface area contributed by atoms with Crippen LogP contribution in [-0.2, 0) is 14.3 Å². The van der Waals surface area contributed by atoms with Crippen molar-refractivity contribution in [2.75, 3.05) is 26.0 Å². The van der Waals surface area contributed by atoms with E-state index in [9.17, 15) is 27.1 Å². The number of amides is 1. The van der Waals surface area contributed by atoms with Gasteiger partial charge in [0.15, 0.2) is 11.5 Å². The summed E-state index contributed by atoms with van der Waals surface area (Å²) in [5.74, 6) is 0.259. The van der Waals surface area contributed by atoms with Gasteiger partial charge in [-0.05, 0) is 42.9 Å². The largest absolute Gasteiger partial charge is 0.489 e. The Morgan fingerprint density at radius 1 is 1.28 bits per heavy atom. The molecule has 1 N–H and O–H groups in total. The quantitative estimate of drug-likeness (QED) is 0.595. The number of nitrogens with zero attached hydrogens (tertiary/aromatic N) is 1. The van der Waals surface area contributed by atoms with Crippen LogP contribution in [0.2, 0.25) is 0 Å². The van der Waals surface area contributed by atoms with Crippen molar-refractivity contribution in [1.29, 1.82) is 0 Å². The van der Waals surface area contributed by atoms with Crippen molar-refractivity contribution in [1.82, 2.24) is 4.90 Å². The molecule has 2 aliphatic rings. The van der Waals surface area contributed by atoms with Crippen molar-refractivity contribution in [3.63, 3.8) is 0 Å². The van der Waals surface area contributed by atoms with Gasteiger partial charge in [-0.15, -0.1) is 0 Å². The Bertz CT molecular complexity index is 845. The molecule has 0 spiro atoms. The molecule has 11 heteroatoms. The minimum atomic E-state index is -3.70. The maximum absolute atomic E-state index is 12.7. The fourth-order valence-electron chi connectivity index (χ4n) is 3.33. The Hall–Kier alpha value is -2.14. The summed E-state index contributed by atoms with van der Waals surface area (Å²) in [7, 11) is -3.70. The normalized spacial score (nSPS) is 22.1. The molecule has 0 unspecified atom stereocenters. The molecule has 1 amide bonds. The van der Waals surface area contributed by atoms with Crippen LogP contribution in [0, 0.1) is 5.92 Å². The standard InChI is InChI=1S/C18H23F2NO7S/c1-29(24,25)27-10-14-6-13(8-21(14)18(22)23)12-4-5-15(28-17(19)20)16(7-12)26-9-11-2-3-11/h4-5,7,11,13-14,17H,2-3,6,8-10H2,1H3,(H,22,23)/t13-,14-/m1/s1. The number of benzene rings is 1. The number of carboxylic acid groups (broad SMARTS) is 1. The SMILES string of the molecule is CS(=O)(=O)OC[C@H]1C[C@@H](c2ccc(OC(F)F)c(OCC3CC3)c2)CN1C(=O)O. The Kier molecular flexibility index (Phi) is 6.47. The van der Waals surface area contributed by atoms with Crippen molar-refractivity contribution < 1.29 is 40.8 Å². The lowest BCUT2D eigenvalue weighted by Crippen LogP contribution is -2.37. The molecule has 1 heterocycles. The van der Waals surface area contributed by atoms with Crippen LogP contribution in [0.4, 0.5) is 13.6 Å². The molecule has 1 aliphatic carbocycles. The van der Waals surface area contributed by atoms with Gasteiger partial charge in [-0.1, -0.05) is 6.07 Å². The minimum Gasteiger partial charge on any atom is -0.489 e. The number of carbonyl (C=O) groups is 1. The van der Waals surface area contributed by atoms with Crippen LogP contribution >= 0.6 is 0 Å². The number of rotatable bonds is 9. The van der Waals surface area contributed by atoms with Gasteiger partial charge >= 0.3 is 12.7 Å². The molecule has 1 aliphatic heterocycles. The molecule has 2 fully saturated rings. The van der Waals surface area contributed by atoms with Crippen LogP contribution < -0.4 is 9.47 Å². The third-order valence-corrected chi connectivity index (χ3v) is 5.53. The highest BCUT2D eigenvalue weighted by atomic mass is 32.2. The van der Waals surface area contributed by atoms with Gasteiger partial charge < -0.3 is 19.5 Å². The zero-order valence-electron chi connectivity index (χ0n) is 15.8. The summed E-state index contributed by atoms with van der Waals surface area (Å²) in [6.45, 7) is -2.74. The van der Waals surface area contributed by atoms with Crippen molar-refractivity contribution in [3.8, 4) is 11.5 Å². The van der Waals surface area contributed by atoms with Crippen molar-refractivity contribution >= 4 is 16.2 Å². The van der Waals surface area contributed by atoms with E-state index in [0.29, 0.717) is 24.5 Å². The van der Waals surface area contributed by atoms with Gasteiger partial charge in [-0.3, -0.25) is 4.18 Å². The molecule has 1 aromatic rings. The second kappa shape index (κ2) is 8.70. The van der Waals surface area contributed by atoms with Crippen LogP contribution in [0.15, 0.2) is 18.2 Å². The summed E-state index contributed by atoms with van der Waals surface area (Å²) in [6, 6.07) is 3.92. The molecule has 0 radical (unpaired) electrons. The van der Waals surface area contributed by atoms with Gasteiger partial charge in [0.2, 0.25) is 0 Å². The summed E-state index contributed by atoms with van der Waals surface area (Å²) < 4.78 is 62.8. The number of halogens is 2. The van der Waals surface area contributed by atoms with Crippen molar-refractivity contribution in [3.05, 3.63) is 23.8 Å². The molecule has 8 nitrogen and oxygen atoms in total. The molecule has 0 bridgehead atoms. The van der Waals surface area contributed by atoms with Gasteiger partial charge in [0.25, 0.3) is 10.1 Å². The first-order valence-corrected chi connectivity index (χ1v) is 11.0. The van der Waals surface area contributed by atoms with E-state index in [1.54, 1.807) is 12.1 Å². The number of hydrogen-bond donors (Lipinski definition) is 1. The predicted molar refractivity (Wildman–Crippen MR) is 98.0 cm³/mol. The third-order valence-electron chi connectivity index (χ3n) is 4.96. The lowest BCUT2D eigenvalue weighted by Gasteiger charge is -2.20. The topological polar surface area (TPSA) is 102 Å². The average Bonchev–Trinajstić information content (AvgIpc) is 3.34. The highest BCUT2D eigenvalue weighted by Gasteiger charge is 2.37. The van der Waals surface area contributed by atoms with Crippen molar-refractivity contribution in [2.24, 2.45) is 5.92 Å². The third kappa shape index (κ3) is 6.17. The Balaban J connectivity index is 1.77. The van der Waals surface area contributed by atoms with Crippen LogP contribution in [0.1, 0.15) is 30.7 Å². The fourth-order valence-corrected chi connectivity index (χ4v) is 3.73. The van der Waals surface area contributed by atoms with Crippen LogP contribution in [-0.4, -0.2) is 63.2 Å². The molecule has 1 saturated carbocycles. The average molecular weight is 435 g/mol. The number of likely N-dealkylation sites (tertiary alicyclic amines) is 1. The lowest BCUT2D eigenvalue weighted by atomic mass is 9.96. The smallest absolute Gasteiger partial charge is 0.407 e. The second-order valence-corrected chi connectivity index (χ2v) is 8.99. The maximum Gasteiger partial charge on any atom is 0.407 e. The molecular weight excluding hydrogens is 412 g/mol. The Labute approximate surface area is 167 Å². The molecule has 29 heavy (non-hydrogen) atoms. The Morgan fingerprint density at radius 2 is 2.00 bits per heavy atom. The van der Waals surface area contributed by atoms with Gasteiger partial charge in [0.1, 0.15) is 0 Å². The first-order chi connectivity index (χ1) is 13.6. The van der Waals surface area contributed by atoms with E-state index in [2.05, 4.69) is 4.74 Å². The van der Waals surface area contributed by atoms with Gasteiger partial charge in [0.05, 0.1) is 25.5 Å². The monoisotopic (exact) mass is 435 g/mol. The molecule has 2 atom stereocenters. The summed E-state index contributed by atoms with van der Waals surface area (Å²) in [5.41, 5.74) is 0.700. The fraction of sp³-hybridized carbons (Fsp3) is 0.611. The summed E-state index contributed by atoms with van der Waals surface area (Å²) in [4.78, 5) is 12.7. The number of ether oxygens (including phenoxy) is 2. The van der Waals surface area contributed by atoms with E-state index in [0.717, 1.165) is 24.0 Å². The van der Waals surface area contributed by atoms with E-state index in [1.165, 1.54) is 6.07 Å². The van der Waals surface area contributed by atoms with E-state index in [4.69, 9.17) is 8.92 Å². The van der Waals surface area contributed by atoms with E-state index >= 15 is 0 Å². The predicted octanol–water partition coefficient (Wildman–Crippen LogP) is 2.89. The zero-order chi connectivity index (χ0) is 21.2. The van der Waals surface area contributed by atoms with E-state index in [-0.39, 0.29) is 30.6 Å². The minimum absolute atomic E-state index is 0.0746. The second-order valence-electron chi connectivity index (χ2n) is 7.35. The highest BCUT2D eigenvalue weighted by molar-refractivity contribution is 7.85. The lowest BCUT2D eigenvalue weighted by molar-refractivity contribution is -0.0515. The molecule has 3 rings (SSSR count). The molecule has 1 saturated heterocycles. The van der Waals surface area contributed by atoms with Gasteiger partial charge in [-0.25, -0.2) is 4.79 Å². The zero-order valence-corrected chi connectivity index (χ0v) is 16.6. The Morgan fingerprint density at radius 3 is 2.59 bits per heavy atom. The van der Waals surface area contributed by atoms with Crippen molar-refractivity contribution in [2.45, 2.75) is 37.8 Å². The van der Waals surface area contributed by atoms with Crippen LogP contribution in [0.25, 0.3) is 0 Å². The summed E-state index contributed by atoms with van der Waals surface area (Å²) in [5, 5.41) is 9.42. The van der Waals surface area contributed by atoms with E-state index in [1.807, 2.05) is 0 Å². The first-order valence-electron chi connectivity index (χ1n) is 9.18. The molecule has 0 aromatic heterocycles. The maximum atomic E-state index is 12.7. The molecule has 162 valence electrons. The number of alkyl halides is 2. The summed E-state index contributed by atoms with van der Waals surface area (Å²) >= 11 is 0. The molecular formula is C18H23F2NO7S. The molecule has 1 aromatic carbocycles. The highest BCUT2D eigenvalue weighted by Crippen LogP contribution is 2.38.